The Labute approximate surface area is 142 Å². The summed E-state index contributed by atoms with van der Waals surface area (Å²) in [5.74, 6) is 1.46. The van der Waals surface area contributed by atoms with E-state index in [1.807, 2.05) is 32.0 Å². The fraction of sp³-hybridized carbons (Fsp3) is 0.444. The molecule has 1 aliphatic heterocycles. The van der Waals surface area contributed by atoms with Crippen molar-refractivity contribution in [2.45, 2.75) is 26.8 Å². The Morgan fingerprint density at radius 1 is 1.17 bits per heavy atom. The van der Waals surface area contributed by atoms with Gasteiger partial charge in [0.2, 0.25) is 0 Å². The summed E-state index contributed by atoms with van der Waals surface area (Å²) < 4.78 is 10.7. The Hall–Kier alpha value is -2.34. The molecular formula is C18H23N3O3. The maximum atomic E-state index is 12.3. The molecule has 1 fully saturated rings. The first-order valence-corrected chi connectivity index (χ1v) is 8.29. The van der Waals surface area contributed by atoms with Gasteiger partial charge in [-0.05, 0) is 32.4 Å². The molecule has 0 unspecified atom stereocenters. The zero-order valence-electron chi connectivity index (χ0n) is 14.2. The standard InChI is InChI=1S/C18H23N3O3/c1-14-17(15(2)24-19-14)13-20-9-6-10-21(12-11-20)18(22)23-16-7-4-3-5-8-16/h3-5,7-8H,6,9-13H2,1-2H3. The van der Waals surface area contributed by atoms with Crippen LogP contribution in [0, 0.1) is 13.8 Å². The molecule has 0 atom stereocenters. The first-order valence-electron chi connectivity index (χ1n) is 8.29. The van der Waals surface area contributed by atoms with Gasteiger partial charge in [-0.1, -0.05) is 23.4 Å². The van der Waals surface area contributed by atoms with Crippen molar-refractivity contribution in [1.82, 2.24) is 15.0 Å². The second kappa shape index (κ2) is 7.49. The lowest BCUT2D eigenvalue weighted by atomic mass is 10.2. The summed E-state index contributed by atoms with van der Waals surface area (Å²) in [4.78, 5) is 16.4. The number of hydrogen-bond donors (Lipinski definition) is 0. The minimum absolute atomic E-state index is 0.277. The molecule has 128 valence electrons. The van der Waals surface area contributed by atoms with Crippen LogP contribution in [0.3, 0.4) is 0 Å². The summed E-state index contributed by atoms with van der Waals surface area (Å²) in [7, 11) is 0. The Balaban J connectivity index is 1.56. The lowest BCUT2D eigenvalue weighted by molar-refractivity contribution is 0.153. The fourth-order valence-corrected chi connectivity index (χ4v) is 2.92. The number of aromatic nitrogens is 1. The first-order chi connectivity index (χ1) is 11.6. The SMILES string of the molecule is Cc1noc(C)c1CN1CCCN(C(=O)Oc2ccccc2)CC1. The van der Waals surface area contributed by atoms with Gasteiger partial charge in [-0.25, -0.2) is 4.79 Å². The monoisotopic (exact) mass is 329 g/mol. The molecule has 0 saturated carbocycles. The number of aryl methyl sites for hydroxylation is 2. The van der Waals surface area contributed by atoms with E-state index in [0.717, 1.165) is 43.1 Å². The Kier molecular flexibility index (Phi) is 5.15. The number of hydrogen-bond acceptors (Lipinski definition) is 5. The number of benzene rings is 1. The second-order valence-electron chi connectivity index (χ2n) is 6.10. The van der Waals surface area contributed by atoms with E-state index in [9.17, 15) is 4.79 Å². The quantitative estimate of drug-likeness (QED) is 0.866. The third-order valence-corrected chi connectivity index (χ3v) is 4.36. The molecule has 0 spiro atoms. The third-order valence-electron chi connectivity index (χ3n) is 4.36. The van der Waals surface area contributed by atoms with Crippen molar-refractivity contribution >= 4 is 6.09 Å². The molecule has 2 heterocycles. The van der Waals surface area contributed by atoms with Crippen LogP contribution in [0.15, 0.2) is 34.9 Å². The van der Waals surface area contributed by atoms with Crippen LogP contribution in [-0.2, 0) is 6.54 Å². The van der Waals surface area contributed by atoms with Crippen molar-refractivity contribution in [2.24, 2.45) is 0 Å². The zero-order valence-corrected chi connectivity index (χ0v) is 14.2. The highest BCUT2D eigenvalue weighted by molar-refractivity contribution is 5.70. The van der Waals surface area contributed by atoms with Crippen LogP contribution in [-0.4, -0.2) is 47.2 Å². The van der Waals surface area contributed by atoms with Crippen molar-refractivity contribution < 1.29 is 14.1 Å². The van der Waals surface area contributed by atoms with Crippen molar-refractivity contribution in [3.8, 4) is 5.75 Å². The number of carbonyl (C=O) groups excluding carboxylic acids is 1. The van der Waals surface area contributed by atoms with Crippen molar-refractivity contribution in [1.29, 1.82) is 0 Å². The van der Waals surface area contributed by atoms with E-state index in [4.69, 9.17) is 9.26 Å². The summed E-state index contributed by atoms with van der Waals surface area (Å²) in [6, 6.07) is 9.20. The van der Waals surface area contributed by atoms with E-state index in [2.05, 4.69) is 10.1 Å². The molecule has 0 N–H and O–H groups in total. The minimum Gasteiger partial charge on any atom is -0.410 e. The summed E-state index contributed by atoms with van der Waals surface area (Å²) in [6.45, 7) is 7.85. The average Bonchev–Trinajstić information content (AvgIpc) is 2.79. The largest absolute Gasteiger partial charge is 0.415 e. The molecular weight excluding hydrogens is 306 g/mol. The Morgan fingerprint density at radius 2 is 1.96 bits per heavy atom. The smallest absolute Gasteiger partial charge is 0.410 e. The number of para-hydroxylation sites is 1. The molecule has 1 aliphatic rings. The Bertz CT molecular complexity index is 665. The van der Waals surface area contributed by atoms with Gasteiger partial charge in [0.05, 0.1) is 5.69 Å². The highest BCUT2D eigenvalue weighted by Gasteiger charge is 2.22. The van der Waals surface area contributed by atoms with Gasteiger partial charge in [-0.3, -0.25) is 4.90 Å². The van der Waals surface area contributed by atoms with Crippen molar-refractivity contribution in [3.05, 3.63) is 47.3 Å². The van der Waals surface area contributed by atoms with Crippen LogP contribution in [0.2, 0.25) is 0 Å². The number of amides is 1. The number of rotatable bonds is 3. The van der Waals surface area contributed by atoms with E-state index in [1.165, 1.54) is 0 Å². The van der Waals surface area contributed by atoms with Gasteiger partial charge >= 0.3 is 6.09 Å². The van der Waals surface area contributed by atoms with Gasteiger partial charge in [0.25, 0.3) is 0 Å². The first kappa shape index (κ1) is 16.5. The lowest BCUT2D eigenvalue weighted by Gasteiger charge is -2.21. The van der Waals surface area contributed by atoms with E-state index >= 15 is 0 Å². The molecule has 24 heavy (non-hydrogen) atoms. The van der Waals surface area contributed by atoms with Crippen molar-refractivity contribution in [3.63, 3.8) is 0 Å². The minimum atomic E-state index is -0.277. The van der Waals surface area contributed by atoms with Crippen LogP contribution in [0.4, 0.5) is 4.79 Å². The molecule has 1 saturated heterocycles. The maximum absolute atomic E-state index is 12.3. The van der Waals surface area contributed by atoms with E-state index < -0.39 is 0 Å². The van der Waals surface area contributed by atoms with E-state index in [-0.39, 0.29) is 6.09 Å². The number of ether oxygens (including phenoxy) is 1. The van der Waals surface area contributed by atoms with Crippen LogP contribution < -0.4 is 4.74 Å². The van der Waals surface area contributed by atoms with E-state index in [1.54, 1.807) is 17.0 Å². The van der Waals surface area contributed by atoms with Gasteiger partial charge in [0, 0.05) is 38.3 Å². The average molecular weight is 329 g/mol. The highest BCUT2D eigenvalue weighted by Crippen LogP contribution is 2.17. The molecule has 0 bridgehead atoms. The number of nitrogens with zero attached hydrogens (tertiary/aromatic N) is 3. The zero-order chi connectivity index (χ0) is 16.9. The molecule has 1 aromatic heterocycles. The summed E-state index contributed by atoms with van der Waals surface area (Å²) in [6.07, 6.45) is 0.646. The normalized spacial score (nSPS) is 16.0. The molecule has 0 aliphatic carbocycles. The van der Waals surface area contributed by atoms with Crippen LogP contribution in [0.25, 0.3) is 0 Å². The van der Waals surface area contributed by atoms with Gasteiger partial charge in [0.15, 0.2) is 0 Å². The maximum Gasteiger partial charge on any atom is 0.415 e. The van der Waals surface area contributed by atoms with Gasteiger partial charge in [0.1, 0.15) is 11.5 Å². The van der Waals surface area contributed by atoms with Gasteiger partial charge in [-0.2, -0.15) is 0 Å². The lowest BCUT2D eigenvalue weighted by Crippen LogP contribution is -2.37. The van der Waals surface area contributed by atoms with Crippen molar-refractivity contribution in [2.75, 3.05) is 26.2 Å². The summed E-state index contributed by atoms with van der Waals surface area (Å²) in [5, 5.41) is 4.01. The molecule has 3 rings (SSSR count). The van der Waals surface area contributed by atoms with E-state index in [0.29, 0.717) is 18.8 Å². The van der Waals surface area contributed by atoms with Gasteiger partial charge in [-0.15, -0.1) is 0 Å². The van der Waals surface area contributed by atoms with Crippen LogP contribution in [0.1, 0.15) is 23.4 Å². The predicted octanol–water partition coefficient (Wildman–Crippen LogP) is 3.00. The molecule has 0 radical (unpaired) electrons. The number of carbonyl (C=O) groups is 1. The molecule has 6 nitrogen and oxygen atoms in total. The predicted molar refractivity (Wildman–Crippen MR) is 89.9 cm³/mol. The molecule has 2 aromatic rings. The molecule has 1 aromatic carbocycles. The highest BCUT2D eigenvalue weighted by atomic mass is 16.6. The second-order valence-corrected chi connectivity index (χ2v) is 6.10. The summed E-state index contributed by atoms with van der Waals surface area (Å²) >= 11 is 0. The topological polar surface area (TPSA) is 58.8 Å². The molecule has 1 amide bonds. The third kappa shape index (κ3) is 3.94. The molecule has 6 heteroatoms. The fourth-order valence-electron chi connectivity index (χ4n) is 2.92. The Morgan fingerprint density at radius 3 is 2.67 bits per heavy atom. The van der Waals surface area contributed by atoms with Crippen LogP contribution in [0.5, 0.6) is 5.75 Å². The van der Waals surface area contributed by atoms with Crippen LogP contribution >= 0.6 is 0 Å². The van der Waals surface area contributed by atoms with Gasteiger partial charge < -0.3 is 14.2 Å². The summed E-state index contributed by atoms with van der Waals surface area (Å²) in [5.41, 5.74) is 2.09.